The van der Waals surface area contributed by atoms with Gasteiger partial charge in [-0.25, -0.2) is 17.2 Å². The van der Waals surface area contributed by atoms with Gasteiger partial charge in [0.1, 0.15) is 16.5 Å². The molecule has 1 aliphatic rings. The fourth-order valence-corrected chi connectivity index (χ4v) is 4.73. The zero-order chi connectivity index (χ0) is 21.3. The Bertz CT molecular complexity index is 1070. The summed E-state index contributed by atoms with van der Waals surface area (Å²) in [4.78, 5) is 13.4. The lowest BCUT2D eigenvalue weighted by Crippen LogP contribution is -2.50. The van der Waals surface area contributed by atoms with Gasteiger partial charge in [0, 0.05) is 56.6 Å². The molecule has 0 unspecified atom stereocenters. The number of rotatable bonds is 4. The van der Waals surface area contributed by atoms with Gasteiger partial charge in [0.05, 0.1) is 5.69 Å². The van der Waals surface area contributed by atoms with Gasteiger partial charge in [0.15, 0.2) is 0 Å². The van der Waals surface area contributed by atoms with Gasteiger partial charge in [0.2, 0.25) is 15.9 Å². The second-order valence-electron chi connectivity index (χ2n) is 6.85. The van der Waals surface area contributed by atoms with Gasteiger partial charge in [-0.05, 0) is 32.1 Å². The molecule has 1 aromatic carbocycles. The molecule has 0 saturated carbocycles. The number of hydrogen-bond donors (Lipinski definition) is 0. The molecule has 1 saturated heterocycles. The summed E-state index contributed by atoms with van der Waals surface area (Å²) in [6.07, 6.45) is 3.15. The number of amides is 1. The number of hydrogen-bond acceptors (Lipinski definition) is 4. The minimum atomic E-state index is -4.10. The molecule has 7 nitrogen and oxygen atoms in total. The molecule has 156 valence electrons. The predicted molar refractivity (Wildman–Crippen MR) is 103 cm³/mol. The number of benzene rings is 1. The highest BCUT2D eigenvalue weighted by Crippen LogP contribution is 2.21. The second kappa shape index (κ2) is 8.03. The molecule has 0 atom stereocenters. The topological polar surface area (TPSA) is 75.5 Å². The van der Waals surface area contributed by atoms with E-state index in [1.165, 1.54) is 11.0 Å². The minimum absolute atomic E-state index is 0.0314. The number of halogens is 2. The highest BCUT2D eigenvalue weighted by molar-refractivity contribution is 7.89. The molecule has 1 amide bonds. The first-order valence-corrected chi connectivity index (χ1v) is 10.5. The van der Waals surface area contributed by atoms with E-state index in [0.717, 1.165) is 33.4 Å². The van der Waals surface area contributed by atoms with Crippen molar-refractivity contribution in [3.63, 3.8) is 0 Å². The lowest BCUT2D eigenvalue weighted by atomic mass is 10.2. The molecule has 2 heterocycles. The highest BCUT2D eigenvalue weighted by atomic mass is 32.2. The van der Waals surface area contributed by atoms with E-state index in [-0.39, 0.29) is 32.1 Å². The van der Waals surface area contributed by atoms with Crippen LogP contribution in [0.25, 0.3) is 6.08 Å². The monoisotopic (exact) mass is 424 g/mol. The lowest BCUT2D eigenvalue weighted by Gasteiger charge is -2.33. The number of aromatic nitrogens is 2. The van der Waals surface area contributed by atoms with Crippen molar-refractivity contribution in [1.29, 1.82) is 0 Å². The molecule has 1 aliphatic heterocycles. The average molecular weight is 424 g/mol. The van der Waals surface area contributed by atoms with Crippen molar-refractivity contribution < 1.29 is 22.0 Å². The van der Waals surface area contributed by atoms with E-state index in [4.69, 9.17) is 0 Å². The van der Waals surface area contributed by atoms with Crippen LogP contribution in [0.5, 0.6) is 0 Å². The van der Waals surface area contributed by atoms with Crippen molar-refractivity contribution in [2.24, 2.45) is 7.05 Å². The molecule has 1 aromatic heterocycles. The van der Waals surface area contributed by atoms with Crippen LogP contribution in [0.1, 0.15) is 17.0 Å². The molecule has 0 radical (unpaired) electrons. The van der Waals surface area contributed by atoms with Gasteiger partial charge in [-0.2, -0.15) is 9.40 Å². The van der Waals surface area contributed by atoms with E-state index in [9.17, 15) is 22.0 Å². The lowest BCUT2D eigenvalue weighted by molar-refractivity contribution is -0.127. The molecular formula is C19H22F2N4O3S. The van der Waals surface area contributed by atoms with Crippen LogP contribution in [0.2, 0.25) is 0 Å². The molecule has 29 heavy (non-hydrogen) atoms. The number of aryl methyl sites for hydroxylation is 2. The summed E-state index contributed by atoms with van der Waals surface area (Å²) in [6, 6.07) is 2.36. The first kappa shape index (κ1) is 21.1. The van der Waals surface area contributed by atoms with Crippen LogP contribution in [0, 0.1) is 25.5 Å². The van der Waals surface area contributed by atoms with E-state index in [1.54, 1.807) is 10.8 Å². The molecule has 0 aliphatic carbocycles. The smallest absolute Gasteiger partial charge is 0.246 e. The Hall–Kier alpha value is -2.59. The molecule has 0 spiro atoms. The van der Waals surface area contributed by atoms with E-state index < -0.39 is 26.6 Å². The van der Waals surface area contributed by atoms with Gasteiger partial charge in [0.25, 0.3) is 0 Å². The SMILES string of the molecule is Cc1nn(C)c(C)c1/C=C/C(=O)N1CCN(S(=O)(=O)c2ccc(F)cc2F)CC1. The maximum atomic E-state index is 13.9. The summed E-state index contributed by atoms with van der Waals surface area (Å²) >= 11 is 0. The maximum Gasteiger partial charge on any atom is 0.246 e. The number of piperazine rings is 1. The Morgan fingerprint density at radius 3 is 2.34 bits per heavy atom. The first-order valence-electron chi connectivity index (χ1n) is 9.03. The van der Waals surface area contributed by atoms with Crippen molar-refractivity contribution >= 4 is 22.0 Å². The molecule has 2 aromatic rings. The Morgan fingerprint density at radius 1 is 1.14 bits per heavy atom. The number of carbonyl (C=O) groups is 1. The van der Waals surface area contributed by atoms with Crippen molar-refractivity contribution in [3.8, 4) is 0 Å². The van der Waals surface area contributed by atoms with Crippen molar-refractivity contribution in [2.45, 2.75) is 18.7 Å². The number of sulfonamides is 1. The molecule has 0 N–H and O–H groups in total. The second-order valence-corrected chi connectivity index (χ2v) is 8.75. The standard InChI is InChI=1S/C19H22F2N4O3S/c1-13-16(14(2)23(3)22-13)5-7-19(26)24-8-10-25(11-9-24)29(27,28)18-6-4-15(20)12-17(18)21/h4-7,12H,8-11H2,1-3H3/b7-5+. The van der Waals surface area contributed by atoms with Gasteiger partial charge in [-0.15, -0.1) is 0 Å². The van der Waals surface area contributed by atoms with Crippen molar-refractivity contribution in [3.05, 3.63) is 52.9 Å². The van der Waals surface area contributed by atoms with Gasteiger partial charge >= 0.3 is 0 Å². The zero-order valence-corrected chi connectivity index (χ0v) is 17.2. The van der Waals surface area contributed by atoms with Crippen LogP contribution in [0.3, 0.4) is 0 Å². The van der Waals surface area contributed by atoms with Crippen LogP contribution < -0.4 is 0 Å². The summed E-state index contributed by atoms with van der Waals surface area (Å²) in [6.45, 7) is 4.18. The molecule has 0 bridgehead atoms. The first-order chi connectivity index (χ1) is 13.6. The average Bonchev–Trinajstić information content (AvgIpc) is 2.91. The third kappa shape index (κ3) is 4.23. The summed E-state index contributed by atoms with van der Waals surface area (Å²) < 4.78 is 55.0. The number of nitrogens with zero attached hydrogens (tertiary/aromatic N) is 4. The Labute approximate surface area is 168 Å². The zero-order valence-electron chi connectivity index (χ0n) is 16.4. The van der Waals surface area contributed by atoms with Gasteiger partial charge in [-0.1, -0.05) is 0 Å². The molecule has 3 rings (SSSR count). The van der Waals surface area contributed by atoms with Crippen molar-refractivity contribution in [1.82, 2.24) is 19.0 Å². The van der Waals surface area contributed by atoms with Gasteiger partial charge in [-0.3, -0.25) is 9.48 Å². The summed E-state index contributed by atoms with van der Waals surface area (Å²) in [5.74, 6) is -2.21. The van der Waals surface area contributed by atoms with E-state index in [0.29, 0.717) is 6.07 Å². The Kier molecular flexibility index (Phi) is 5.85. The van der Waals surface area contributed by atoms with Crippen LogP contribution in [0.15, 0.2) is 29.2 Å². The molecular weight excluding hydrogens is 402 g/mol. The highest BCUT2D eigenvalue weighted by Gasteiger charge is 2.31. The minimum Gasteiger partial charge on any atom is -0.337 e. The summed E-state index contributed by atoms with van der Waals surface area (Å²) in [7, 11) is -2.27. The largest absolute Gasteiger partial charge is 0.337 e. The maximum absolute atomic E-state index is 13.9. The Balaban J connectivity index is 1.67. The third-order valence-electron chi connectivity index (χ3n) is 5.02. The summed E-state index contributed by atoms with van der Waals surface area (Å²) in [5, 5.41) is 4.29. The van der Waals surface area contributed by atoms with Crippen LogP contribution in [-0.4, -0.2) is 59.5 Å². The van der Waals surface area contributed by atoms with Gasteiger partial charge < -0.3 is 4.90 Å². The van der Waals surface area contributed by atoms with Crippen LogP contribution >= 0.6 is 0 Å². The quantitative estimate of drug-likeness (QED) is 0.703. The molecule has 1 fully saturated rings. The predicted octanol–water partition coefficient (Wildman–Crippen LogP) is 1.86. The fraction of sp³-hybridized carbons (Fsp3) is 0.368. The van der Waals surface area contributed by atoms with E-state index in [1.807, 2.05) is 20.9 Å². The fourth-order valence-electron chi connectivity index (χ4n) is 3.26. The van der Waals surface area contributed by atoms with Crippen LogP contribution in [-0.2, 0) is 21.9 Å². The third-order valence-corrected chi connectivity index (χ3v) is 6.95. The van der Waals surface area contributed by atoms with Crippen molar-refractivity contribution in [2.75, 3.05) is 26.2 Å². The number of carbonyl (C=O) groups excluding carboxylic acids is 1. The normalized spacial score (nSPS) is 16.0. The molecule has 10 heteroatoms. The van der Waals surface area contributed by atoms with E-state index >= 15 is 0 Å². The Morgan fingerprint density at radius 2 is 1.79 bits per heavy atom. The van der Waals surface area contributed by atoms with E-state index in [2.05, 4.69) is 5.10 Å². The van der Waals surface area contributed by atoms with Crippen LogP contribution in [0.4, 0.5) is 8.78 Å². The summed E-state index contributed by atoms with van der Waals surface area (Å²) in [5.41, 5.74) is 2.61.